The molecule has 0 aliphatic carbocycles. The predicted octanol–water partition coefficient (Wildman–Crippen LogP) is 1.30. The topological polar surface area (TPSA) is 72.8 Å². The summed E-state index contributed by atoms with van der Waals surface area (Å²) in [6.07, 6.45) is 4.35. The van der Waals surface area contributed by atoms with Gasteiger partial charge < -0.3 is 19.1 Å². The minimum absolute atomic E-state index is 0.0684. The van der Waals surface area contributed by atoms with Crippen LogP contribution in [0.4, 0.5) is 0 Å². The molecule has 6 nitrogen and oxygen atoms in total. The molecule has 0 fully saturated rings. The lowest BCUT2D eigenvalue weighted by atomic mass is 9.89. The van der Waals surface area contributed by atoms with Crippen LogP contribution in [0.5, 0.6) is 0 Å². The van der Waals surface area contributed by atoms with Crippen molar-refractivity contribution in [3.05, 3.63) is 24.8 Å². The quantitative estimate of drug-likeness (QED) is 0.372. The van der Waals surface area contributed by atoms with Gasteiger partial charge in [0.05, 0.1) is 26.7 Å². The molecule has 2 unspecified atom stereocenters. The van der Waals surface area contributed by atoms with Crippen LogP contribution in [0, 0.1) is 5.41 Å². The van der Waals surface area contributed by atoms with Crippen molar-refractivity contribution in [2.75, 3.05) is 40.4 Å². The van der Waals surface area contributed by atoms with E-state index in [9.17, 15) is 14.7 Å². The number of esters is 2. The Labute approximate surface area is 139 Å². The number of aliphatic hydroxyl groups is 1. The van der Waals surface area contributed by atoms with Gasteiger partial charge in [-0.3, -0.25) is 4.79 Å². The summed E-state index contributed by atoms with van der Waals surface area (Å²) in [7, 11) is 3.67. The third kappa shape index (κ3) is 8.52. The lowest BCUT2D eigenvalue weighted by Crippen LogP contribution is -2.52. The zero-order valence-electron chi connectivity index (χ0n) is 14.9. The first-order valence-electron chi connectivity index (χ1n) is 7.64. The van der Waals surface area contributed by atoms with Gasteiger partial charge in [0.1, 0.15) is 18.6 Å². The highest BCUT2D eigenvalue weighted by atomic mass is 16.5. The van der Waals surface area contributed by atoms with Gasteiger partial charge in [0.2, 0.25) is 0 Å². The first-order valence-corrected chi connectivity index (χ1v) is 7.64. The van der Waals surface area contributed by atoms with Crippen molar-refractivity contribution in [1.29, 1.82) is 0 Å². The number of allylic oxidation sites excluding steroid dienone is 1. The van der Waals surface area contributed by atoms with Crippen LogP contribution in [-0.2, 0) is 19.1 Å². The maximum Gasteiger partial charge on any atom is 0.362 e. The fourth-order valence-corrected chi connectivity index (χ4v) is 2.15. The highest BCUT2D eigenvalue weighted by molar-refractivity contribution is 5.78. The van der Waals surface area contributed by atoms with Crippen LogP contribution in [0.2, 0.25) is 0 Å². The van der Waals surface area contributed by atoms with Crippen LogP contribution in [0.25, 0.3) is 0 Å². The molecule has 0 amide bonds. The Morgan fingerprint density at radius 2 is 1.96 bits per heavy atom. The summed E-state index contributed by atoms with van der Waals surface area (Å²) in [6, 6.07) is 0. The molecule has 0 aromatic heterocycles. The zero-order chi connectivity index (χ0) is 18.1. The fourth-order valence-electron chi connectivity index (χ4n) is 2.15. The molecule has 6 heteroatoms. The highest BCUT2D eigenvalue weighted by Crippen LogP contribution is 2.24. The molecular formula is C17H30NO5+. The summed E-state index contributed by atoms with van der Waals surface area (Å²) in [6.45, 7) is 9.43. The van der Waals surface area contributed by atoms with Gasteiger partial charge in [-0.1, -0.05) is 18.2 Å². The van der Waals surface area contributed by atoms with Gasteiger partial charge in [0.15, 0.2) is 6.54 Å². The van der Waals surface area contributed by atoms with Gasteiger partial charge in [0.25, 0.3) is 0 Å². The Hall–Kier alpha value is -1.66. The molecule has 132 valence electrons. The Bertz CT molecular complexity index is 442. The number of carbonyl (C=O) groups excluding carboxylic acids is 2. The number of likely N-dealkylation sites (N-methyl/N-ethyl adjacent to an activating group) is 1. The maximum atomic E-state index is 12.2. The summed E-state index contributed by atoms with van der Waals surface area (Å²) in [5.74, 6) is -0.807. The summed E-state index contributed by atoms with van der Waals surface area (Å²) in [4.78, 5) is 24.1. The van der Waals surface area contributed by atoms with Crippen molar-refractivity contribution in [3.63, 3.8) is 0 Å². The number of ether oxygens (including phenoxy) is 2. The summed E-state index contributed by atoms with van der Waals surface area (Å²) in [5, 5.41) is 9.22. The number of quaternary nitrogens is 1. The molecule has 0 aliphatic heterocycles. The molecule has 2 atom stereocenters. The molecule has 0 radical (unpaired) electrons. The van der Waals surface area contributed by atoms with E-state index in [1.54, 1.807) is 26.0 Å². The molecule has 0 saturated heterocycles. The average Bonchev–Trinajstić information content (AvgIpc) is 2.43. The van der Waals surface area contributed by atoms with Crippen molar-refractivity contribution in [2.24, 2.45) is 5.41 Å². The second-order valence-electron chi connectivity index (χ2n) is 6.57. The van der Waals surface area contributed by atoms with Crippen LogP contribution in [0.1, 0.15) is 20.8 Å². The minimum atomic E-state index is -0.956. The number of hydrogen-bond donors (Lipinski definition) is 1. The van der Waals surface area contributed by atoms with Crippen LogP contribution in [-0.4, -0.2) is 68.0 Å². The Morgan fingerprint density at radius 3 is 2.43 bits per heavy atom. The van der Waals surface area contributed by atoms with E-state index in [4.69, 9.17) is 9.47 Å². The first kappa shape index (κ1) is 21.3. The fraction of sp³-hybridized carbons (Fsp3) is 0.647. The van der Waals surface area contributed by atoms with Gasteiger partial charge in [-0.05, 0) is 20.8 Å². The Morgan fingerprint density at radius 1 is 1.35 bits per heavy atom. The molecule has 23 heavy (non-hydrogen) atoms. The van der Waals surface area contributed by atoms with Gasteiger partial charge in [-0.15, -0.1) is 6.58 Å². The summed E-state index contributed by atoms with van der Waals surface area (Å²) in [5.41, 5.74) is -0.956. The number of nitrogens with zero attached hydrogens (tertiary/aromatic N) is 1. The van der Waals surface area contributed by atoms with Crippen molar-refractivity contribution < 1.29 is 28.7 Å². The van der Waals surface area contributed by atoms with E-state index in [0.29, 0.717) is 6.54 Å². The normalized spacial score (nSPS) is 15.7. The minimum Gasteiger partial charge on any atom is -0.462 e. The Balaban J connectivity index is 4.76. The second kappa shape index (κ2) is 9.47. The van der Waals surface area contributed by atoms with Gasteiger partial charge >= 0.3 is 11.9 Å². The van der Waals surface area contributed by atoms with Crippen LogP contribution >= 0.6 is 0 Å². The van der Waals surface area contributed by atoms with E-state index in [0.717, 1.165) is 0 Å². The van der Waals surface area contributed by atoms with E-state index in [-0.39, 0.29) is 30.2 Å². The van der Waals surface area contributed by atoms with Crippen molar-refractivity contribution in [1.82, 2.24) is 0 Å². The van der Waals surface area contributed by atoms with Gasteiger partial charge in [-0.2, -0.15) is 0 Å². The van der Waals surface area contributed by atoms with Gasteiger partial charge in [-0.25, -0.2) is 4.79 Å². The average molecular weight is 328 g/mol. The molecule has 0 aliphatic rings. The van der Waals surface area contributed by atoms with E-state index in [2.05, 4.69) is 6.58 Å². The van der Waals surface area contributed by atoms with E-state index >= 15 is 0 Å². The smallest absolute Gasteiger partial charge is 0.362 e. The van der Waals surface area contributed by atoms with Crippen molar-refractivity contribution >= 4 is 11.9 Å². The second-order valence-corrected chi connectivity index (χ2v) is 6.57. The van der Waals surface area contributed by atoms with E-state index in [1.807, 2.05) is 21.0 Å². The van der Waals surface area contributed by atoms with Gasteiger partial charge in [0, 0.05) is 0 Å². The number of rotatable bonds is 10. The molecule has 1 N–H and O–H groups in total. The van der Waals surface area contributed by atoms with Crippen molar-refractivity contribution in [2.45, 2.75) is 26.9 Å². The first-order chi connectivity index (χ1) is 10.6. The summed E-state index contributed by atoms with van der Waals surface area (Å²) >= 11 is 0. The maximum absolute atomic E-state index is 12.2. The molecule has 0 bridgehead atoms. The SMILES string of the molecule is C=CC(C)(C[N+](C)(C)CC(=O)OC/C=C/C)C(=O)OCC(C)O. The lowest BCUT2D eigenvalue weighted by molar-refractivity contribution is -0.887. The highest BCUT2D eigenvalue weighted by Gasteiger charge is 2.40. The lowest BCUT2D eigenvalue weighted by Gasteiger charge is -2.35. The Kier molecular flexibility index (Phi) is 8.79. The monoisotopic (exact) mass is 328 g/mol. The van der Waals surface area contributed by atoms with E-state index < -0.39 is 17.5 Å². The molecule has 0 saturated carbocycles. The number of carbonyl (C=O) groups is 2. The third-order valence-corrected chi connectivity index (χ3v) is 3.26. The standard InChI is InChI=1S/C17H30NO5/c1-7-9-10-22-15(20)11-18(5,6)13-17(4,8-2)16(21)23-12-14(3)19/h7-9,14,19H,2,10-13H2,1,3-6H3/q+1/b9-7+. The molecule has 0 aromatic rings. The van der Waals surface area contributed by atoms with Crippen LogP contribution in [0.15, 0.2) is 24.8 Å². The molecule has 0 rings (SSSR count). The molecular weight excluding hydrogens is 298 g/mol. The molecule has 0 heterocycles. The van der Waals surface area contributed by atoms with Crippen LogP contribution in [0.3, 0.4) is 0 Å². The number of aliphatic hydroxyl groups excluding tert-OH is 1. The van der Waals surface area contributed by atoms with E-state index in [1.165, 1.54) is 6.08 Å². The van der Waals surface area contributed by atoms with Crippen LogP contribution < -0.4 is 0 Å². The summed E-state index contributed by atoms with van der Waals surface area (Å²) < 4.78 is 10.4. The van der Waals surface area contributed by atoms with Crippen molar-refractivity contribution in [3.8, 4) is 0 Å². The third-order valence-electron chi connectivity index (χ3n) is 3.26. The molecule has 0 aromatic carbocycles. The zero-order valence-corrected chi connectivity index (χ0v) is 14.9. The predicted molar refractivity (Wildman–Crippen MR) is 88.6 cm³/mol. The molecule has 0 spiro atoms. The largest absolute Gasteiger partial charge is 0.462 e. The number of hydrogen-bond acceptors (Lipinski definition) is 5.